The monoisotopic (exact) mass is 266 g/mol. The van der Waals surface area contributed by atoms with E-state index in [2.05, 4.69) is 47.3 Å². The van der Waals surface area contributed by atoms with Crippen LogP contribution in [0.1, 0.15) is 30.0 Å². The van der Waals surface area contributed by atoms with Crippen LogP contribution in [0.15, 0.2) is 36.5 Å². The van der Waals surface area contributed by atoms with Crippen molar-refractivity contribution >= 4 is 0 Å². The van der Waals surface area contributed by atoms with Gasteiger partial charge in [0.15, 0.2) is 0 Å². The van der Waals surface area contributed by atoms with E-state index in [1.807, 2.05) is 6.20 Å². The number of hydrogen-bond acceptors (Lipinski definition) is 3. The Morgan fingerprint density at radius 3 is 3.00 bits per heavy atom. The summed E-state index contributed by atoms with van der Waals surface area (Å²) < 4.78 is 5.77. The molecule has 0 spiro atoms. The van der Waals surface area contributed by atoms with E-state index in [-0.39, 0.29) is 0 Å². The van der Waals surface area contributed by atoms with Gasteiger partial charge in [0.2, 0.25) is 5.88 Å². The Bertz CT molecular complexity index is 653. The molecule has 4 rings (SSSR count). The van der Waals surface area contributed by atoms with Crippen LogP contribution in [0, 0.1) is 0 Å². The van der Waals surface area contributed by atoms with Crippen LogP contribution in [0.3, 0.4) is 0 Å². The van der Waals surface area contributed by atoms with Crippen molar-refractivity contribution in [2.24, 2.45) is 0 Å². The van der Waals surface area contributed by atoms with Gasteiger partial charge in [0.1, 0.15) is 6.61 Å². The summed E-state index contributed by atoms with van der Waals surface area (Å²) in [7, 11) is 2.20. The summed E-state index contributed by atoms with van der Waals surface area (Å²) in [4.78, 5) is 6.96. The molecule has 20 heavy (non-hydrogen) atoms. The number of benzene rings is 1. The zero-order valence-electron chi connectivity index (χ0n) is 11.7. The lowest BCUT2D eigenvalue weighted by atomic mass is 9.96. The van der Waals surface area contributed by atoms with Crippen LogP contribution < -0.4 is 4.74 Å². The van der Waals surface area contributed by atoms with Crippen LogP contribution in [0.5, 0.6) is 5.88 Å². The first-order valence-corrected chi connectivity index (χ1v) is 7.24. The molecule has 3 heterocycles. The topological polar surface area (TPSA) is 25.4 Å². The molecule has 0 bridgehead atoms. The van der Waals surface area contributed by atoms with E-state index in [1.54, 1.807) is 0 Å². The van der Waals surface area contributed by atoms with Crippen LogP contribution >= 0.6 is 0 Å². The lowest BCUT2D eigenvalue weighted by Gasteiger charge is -2.23. The van der Waals surface area contributed by atoms with Gasteiger partial charge < -0.3 is 4.74 Å². The molecular weight excluding hydrogens is 248 g/mol. The highest BCUT2D eigenvalue weighted by Gasteiger charge is 2.25. The fourth-order valence-electron chi connectivity index (χ4n) is 3.35. The normalized spacial score (nSPS) is 21.1. The maximum atomic E-state index is 5.77. The Balaban J connectivity index is 1.81. The number of pyridine rings is 1. The standard InChI is InChI=1S/C17H18N2O/c1-19-8-4-7-16(19)13-9-15-14-6-3-2-5-12(14)11-20-17(15)18-10-13/h2-3,5-6,9-10,16H,4,7-8,11H2,1H3/t16-/m0/s1. The second-order valence-corrected chi connectivity index (χ2v) is 5.71. The van der Waals surface area contributed by atoms with Crippen molar-refractivity contribution in [3.63, 3.8) is 0 Å². The molecule has 1 aromatic carbocycles. The lowest BCUT2D eigenvalue weighted by Crippen LogP contribution is -2.18. The third-order valence-corrected chi connectivity index (χ3v) is 4.45. The molecule has 0 N–H and O–H groups in total. The molecule has 1 aromatic heterocycles. The Morgan fingerprint density at radius 1 is 1.25 bits per heavy atom. The van der Waals surface area contributed by atoms with E-state index < -0.39 is 0 Å². The van der Waals surface area contributed by atoms with Crippen molar-refractivity contribution in [2.45, 2.75) is 25.5 Å². The Hall–Kier alpha value is -1.87. The number of likely N-dealkylation sites (tertiary alicyclic amines) is 1. The molecule has 102 valence electrons. The molecular formula is C17H18N2O. The number of nitrogens with zero attached hydrogens (tertiary/aromatic N) is 2. The van der Waals surface area contributed by atoms with Gasteiger partial charge in [-0.05, 0) is 49.2 Å². The van der Waals surface area contributed by atoms with Gasteiger partial charge in [0.05, 0.1) is 0 Å². The Morgan fingerprint density at radius 2 is 2.15 bits per heavy atom. The van der Waals surface area contributed by atoms with Gasteiger partial charge in [-0.1, -0.05) is 24.3 Å². The molecule has 2 aliphatic heterocycles. The first-order chi connectivity index (χ1) is 9.83. The van der Waals surface area contributed by atoms with Crippen LogP contribution in [0.2, 0.25) is 0 Å². The fourth-order valence-corrected chi connectivity index (χ4v) is 3.35. The molecule has 2 aromatic rings. The average molecular weight is 266 g/mol. The molecule has 1 saturated heterocycles. The van der Waals surface area contributed by atoms with Crippen LogP contribution in [0.4, 0.5) is 0 Å². The molecule has 1 atom stereocenters. The summed E-state index contributed by atoms with van der Waals surface area (Å²) in [5.41, 5.74) is 4.97. The Kier molecular flexibility index (Phi) is 2.74. The molecule has 3 nitrogen and oxygen atoms in total. The smallest absolute Gasteiger partial charge is 0.221 e. The van der Waals surface area contributed by atoms with E-state index in [0.29, 0.717) is 12.6 Å². The third-order valence-electron chi connectivity index (χ3n) is 4.45. The minimum absolute atomic E-state index is 0.502. The van der Waals surface area contributed by atoms with Crippen LogP contribution in [-0.4, -0.2) is 23.5 Å². The van der Waals surface area contributed by atoms with Gasteiger partial charge in [0.25, 0.3) is 0 Å². The van der Waals surface area contributed by atoms with Crippen molar-refractivity contribution in [1.29, 1.82) is 0 Å². The summed E-state index contributed by atoms with van der Waals surface area (Å²) in [6.07, 6.45) is 4.48. The predicted molar refractivity (Wildman–Crippen MR) is 78.6 cm³/mol. The molecule has 0 saturated carbocycles. The molecule has 0 amide bonds. The first kappa shape index (κ1) is 11.9. The van der Waals surface area contributed by atoms with Gasteiger partial charge >= 0.3 is 0 Å². The molecule has 2 aliphatic rings. The molecule has 0 aliphatic carbocycles. The van der Waals surface area contributed by atoms with E-state index in [4.69, 9.17) is 4.74 Å². The summed E-state index contributed by atoms with van der Waals surface area (Å²) >= 11 is 0. The van der Waals surface area contributed by atoms with E-state index in [1.165, 1.54) is 36.1 Å². The van der Waals surface area contributed by atoms with Crippen molar-refractivity contribution < 1.29 is 4.74 Å². The number of hydrogen-bond donors (Lipinski definition) is 0. The van der Waals surface area contributed by atoms with Gasteiger partial charge in [-0.25, -0.2) is 4.98 Å². The van der Waals surface area contributed by atoms with Gasteiger partial charge in [-0.15, -0.1) is 0 Å². The first-order valence-electron chi connectivity index (χ1n) is 7.24. The molecule has 1 fully saturated rings. The summed E-state index contributed by atoms with van der Waals surface area (Å²) in [5.74, 6) is 0.771. The number of aromatic nitrogens is 1. The quantitative estimate of drug-likeness (QED) is 0.791. The summed E-state index contributed by atoms with van der Waals surface area (Å²) in [5, 5.41) is 0. The van der Waals surface area contributed by atoms with Crippen LogP contribution in [0.25, 0.3) is 11.1 Å². The van der Waals surface area contributed by atoms with Crippen molar-refractivity contribution in [1.82, 2.24) is 9.88 Å². The van der Waals surface area contributed by atoms with Crippen LogP contribution in [-0.2, 0) is 6.61 Å². The minimum Gasteiger partial charge on any atom is -0.472 e. The molecule has 0 radical (unpaired) electrons. The highest BCUT2D eigenvalue weighted by molar-refractivity contribution is 5.73. The second kappa shape index (κ2) is 4.60. The van der Waals surface area contributed by atoms with Crippen molar-refractivity contribution in [3.05, 3.63) is 47.7 Å². The van der Waals surface area contributed by atoms with Gasteiger partial charge in [0, 0.05) is 17.8 Å². The average Bonchev–Trinajstić information content (AvgIpc) is 2.93. The third kappa shape index (κ3) is 1.81. The van der Waals surface area contributed by atoms with Gasteiger partial charge in [-0.2, -0.15) is 0 Å². The largest absolute Gasteiger partial charge is 0.472 e. The highest BCUT2D eigenvalue weighted by atomic mass is 16.5. The number of ether oxygens (including phenoxy) is 1. The van der Waals surface area contributed by atoms with Crippen molar-refractivity contribution in [2.75, 3.05) is 13.6 Å². The minimum atomic E-state index is 0.502. The summed E-state index contributed by atoms with van der Waals surface area (Å²) in [6.45, 7) is 1.80. The molecule has 0 unspecified atom stereocenters. The summed E-state index contributed by atoms with van der Waals surface area (Å²) in [6, 6.07) is 11.2. The fraction of sp³-hybridized carbons (Fsp3) is 0.353. The van der Waals surface area contributed by atoms with Gasteiger partial charge in [-0.3, -0.25) is 4.90 Å². The second-order valence-electron chi connectivity index (χ2n) is 5.71. The van der Waals surface area contributed by atoms with E-state index in [9.17, 15) is 0 Å². The Labute approximate surface area is 119 Å². The number of fused-ring (bicyclic) bond motifs is 3. The zero-order valence-corrected chi connectivity index (χ0v) is 11.7. The van der Waals surface area contributed by atoms with E-state index in [0.717, 1.165) is 11.4 Å². The van der Waals surface area contributed by atoms with E-state index >= 15 is 0 Å². The maximum Gasteiger partial charge on any atom is 0.221 e. The number of rotatable bonds is 1. The lowest BCUT2D eigenvalue weighted by molar-refractivity contribution is 0.287. The SMILES string of the molecule is CN1CCC[C@H]1c1cnc2c(c1)-c1ccccc1CO2. The maximum absolute atomic E-state index is 5.77. The predicted octanol–water partition coefficient (Wildman–Crippen LogP) is 3.41. The molecule has 3 heteroatoms. The van der Waals surface area contributed by atoms with Crippen molar-refractivity contribution in [3.8, 4) is 17.0 Å². The highest BCUT2D eigenvalue weighted by Crippen LogP contribution is 2.39. The zero-order chi connectivity index (χ0) is 13.5.